The number of carbonyl (C=O) groups is 1. The van der Waals surface area contributed by atoms with Crippen LogP contribution < -0.4 is 5.32 Å². The molecule has 0 spiro atoms. The molecule has 0 aromatic rings. The maximum atomic E-state index is 11.2. The average Bonchev–Trinajstić information content (AvgIpc) is 2.19. The van der Waals surface area contributed by atoms with Crippen molar-refractivity contribution in [2.24, 2.45) is 0 Å². The molecular formula is C12H22N2O2. The van der Waals surface area contributed by atoms with Crippen LogP contribution in [0, 0.1) is 0 Å². The fourth-order valence-electron chi connectivity index (χ4n) is 2.00. The van der Waals surface area contributed by atoms with Gasteiger partial charge in [-0.2, -0.15) is 0 Å². The number of rotatable bonds is 5. The minimum atomic E-state index is -0.115. The van der Waals surface area contributed by atoms with Gasteiger partial charge in [-0.25, -0.2) is 0 Å². The van der Waals surface area contributed by atoms with Gasteiger partial charge in [0.05, 0.1) is 19.3 Å². The highest BCUT2D eigenvalue weighted by Gasteiger charge is 2.33. The first-order valence-corrected chi connectivity index (χ1v) is 5.76. The van der Waals surface area contributed by atoms with Gasteiger partial charge in [-0.15, -0.1) is 0 Å². The lowest BCUT2D eigenvalue weighted by Gasteiger charge is -2.45. The number of hydrogen-bond acceptors (Lipinski definition) is 3. The van der Waals surface area contributed by atoms with E-state index in [2.05, 4.69) is 31.0 Å². The average molecular weight is 226 g/mol. The first-order chi connectivity index (χ1) is 7.51. The first kappa shape index (κ1) is 13.2. The summed E-state index contributed by atoms with van der Waals surface area (Å²) in [5.41, 5.74) is -0.115. The summed E-state index contributed by atoms with van der Waals surface area (Å²) in [7, 11) is 1.64. The summed E-state index contributed by atoms with van der Waals surface area (Å²) < 4.78 is 5.21. The Kier molecular flexibility index (Phi) is 4.50. The normalized spacial score (nSPS) is 17.8. The summed E-state index contributed by atoms with van der Waals surface area (Å²) in [6.45, 7) is 8.92. The molecule has 1 N–H and O–H groups in total. The molecule has 1 fully saturated rings. The van der Waals surface area contributed by atoms with Crippen LogP contribution in [0.4, 0.5) is 0 Å². The summed E-state index contributed by atoms with van der Waals surface area (Å²) in [6.07, 6.45) is 3.55. The minimum absolute atomic E-state index is 0.0611. The van der Waals surface area contributed by atoms with Crippen LogP contribution in [0.25, 0.3) is 0 Å². The van der Waals surface area contributed by atoms with Gasteiger partial charge in [0.2, 0.25) is 5.91 Å². The predicted molar refractivity (Wildman–Crippen MR) is 64.3 cm³/mol. The largest absolute Gasteiger partial charge is 0.378 e. The molecule has 1 aliphatic rings. The minimum Gasteiger partial charge on any atom is -0.378 e. The van der Waals surface area contributed by atoms with Crippen molar-refractivity contribution in [3.05, 3.63) is 12.2 Å². The standard InChI is InChI=1S/C12H22N2O2/c1-5-14(10-8-16-9-10)12(2,3)7-6-11(15)13-4/h6-7,10H,5,8-9H2,1-4H3,(H,13,15)/b7-6+. The molecule has 4 heteroatoms. The molecule has 1 aliphatic heterocycles. The van der Waals surface area contributed by atoms with E-state index < -0.39 is 0 Å². The van der Waals surface area contributed by atoms with Crippen molar-refractivity contribution in [2.75, 3.05) is 26.8 Å². The molecule has 1 saturated heterocycles. The quantitative estimate of drug-likeness (QED) is 0.705. The fraction of sp³-hybridized carbons (Fsp3) is 0.750. The van der Waals surface area contributed by atoms with Gasteiger partial charge >= 0.3 is 0 Å². The highest BCUT2D eigenvalue weighted by molar-refractivity contribution is 5.87. The third-order valence-corrected chi connectivity index (χ3v) is 3.03. The smallest absolute Gasteiger partial charge is 0.243 e. The molecule has 92 valence electrons. The molecule has 0 atom stereocenters. The number of amides is 1. The van der Waals surface area contributed by atoms with Crippen molar-refractivity contribution in [1.82, 2.24) is 10.2 Å². The monoisotopic (exact) mass is 226 g/mol. The third-order valence-electron chi connectivity index (χ3n) is 3.03. The Morgan fingerprint density at radius 3 is 2.56 bits per heavy atom. The first-order valence-electron chi connectivity index (χ1n) is 5.76. The molecule has 0 saturated carbocycles. The number of nitrogens with zero attached hydrogens (tertiary/aromatic N) is 1. The Bertz CT molecular complexity index is 270. The maximum Gasteiger partial charge on any atom is 0.243 e. The van der Waals surface area contributed by atoms with E-state index in [1.54, 1.807) is 13.1 Å². The maximum absolute atomic E-state index is 11.2. The summed E-state index contributed by atoms with van der Waals surface area (Å²) in [6, 6.07) is 0.481. The molecule has 1 amide bonds. The lowest BCUT2D eigenvalue weighted by molar-refractivity contribution is -0.116. The second-order valence-electron chi connectivity index (χ2n) is 4.58. The Hall–Kier alpha value is -0.870. The second kappa shape index (κ2) is 5.46. The molecular weight excluding hydrogens is 204 g/mol. The Labute approximate surface area is 97.6 Å². The van der Waals surface area contributed by atoms with Gasteiger partial charge in [-0.1, -0.05) is 13.0 Å². The van der Waals surface area contributed by atoms with E-state index in [-0.39, 0.29) is 11.4 Å². The Morgan fingerprint density at radius 1 is 1.56 bits per heavy atom. The van der Waals surface area contributed by atoms with Crippen molar-refractivity contribution < 1.29 is 9.53 Å². The van der Waals surface area contributed by atoms with E-state index in [1.807, 2.05) is 6.08 Å². The van der Waals surface area contributed by atoms with E-state index >= 15 is 0 Å². The van der Waals surface area contributed by atoms with Gasteiger partial charge in [-0.05, 0) is 20.4 Å². The number of likely N-dealkylation sites (N-methyl/N-ethyl adjacent to an activating group) is 2. The Balaban J connectivity index is 2.65. The highest BCUT2D eigenvalue weighted by atomic mass is 16.5. The topological polar surface area (TPSA) is 41.6 Å². The van der Waals surface area contributed by atoms with Crippen LogP contribution in [-0.2, 0) is 9.53 Å². The summed E-state index contributed by atoms with van der Waals surface area (Å²) in [4.78, 5) is 13.5. The number of ether oxygens (including phenoxy) is 1. The van der Waals surface area contributed by atoms with Crippen LogP contribution >= 0.6 is 0 Å². The van der Waals surface area contributed by atoms with Gasteiger partial charge in [0, 0.05) is 18.7 Å². The van der Waals surface area contributed by atoms with Crippen molar-refractivity contribution >= 4 is 5.91 Å². The molecule has 0 bridgehead atoms. The molecule has 0 aromatic carbocycles. The molecule has 4 nitrogen and oxygen atoms in total. The number of hydrogen-bond donors (Lipinski definition) is 1. The molecule has 0 aromatic heterocycles. The summed E-state index contributed by atoms with van der Waals surface area (Å²) in [5.74, 6) is -0.0611. The molecule has 1 heterocycles. The van der Waals surface area contributed by atoms with Crippen molar-refractivity contribution in [3.8, 4) is 0 Å². The SMILES string of the molecule is CCN(C1COC1)C(C)(C)/C=C/C(=O)NC. The zero-order valence-electron chi connectivity index (χ0n) is 10.6. The van der Waals surface area contributed by atoms with Crippen LogP contribution in [0.5, 0.6) is 0 Å². The third kappa shape index (κ3) is 3.06. The van der Waals surface area contributed by atoms with Crippen LogP contribution in [0.3, 0.4) is 0 Å². The lowest BCUT2D eigenvalue weighted by atomic mass is 9.98. The van der Waals surface area contributed by atoms with Crippen LogP contribution in [0.15, 0.2) is 12.2 Å². The lowest BCUT2D eigenvalue weighted by Crippen LogP contribution is -2.56. The van der Waals surface area contributed by atoms with Crippen LogP contribution in [0.1, 0.15) is 20.8 Å². The number of nitrogens with one attached hydrogen (secondary N) is 1. The van der Waals surface area contributed by atoms with Crippen LogP contribution in [0.2, 0.25) is 0 Å². The van der Waals surface area contributed by atoms with E-state index in [0.717, 1.165) is 19.8 Å². The summed E-state index contributed by atoms with van der Waals surface area (Å²) >= 11 is 0. The Morgan fingerprint density at radius 2 is 2.19 bits per heavy atom. The van der Waals surface area contributed by atoms with Gasteiger partial charge in [0.25, 0.3) is 0 Å². The zero-order chi connectivity index (χ0) is 12.2. The zero-order valence-corrected chi connectivity index (χ0v) is 10.6. The van der Waals surface area contributed by atoms with E-state index in [9.17, 15) is 4.79 Å². The van der Waals surface area contributed by atoms with E-state index in [0.29, 0.717) is 6.04 Å². The van der Waals surface area contributed by atoms with E-state index in [1.165, 1.54) is 0 Å². The fourth-order valence-corrected chi connectivity index (χ4v) is 2.00. The molecule has 16 heavy (non-hydrogen) atoms. The van der Waals surface area contributed by atoms with Crippen molar-refractivity contribution in [1.29, 1.82) is 0 Å². The predicted octanol–water partition coefficient (Wildman–Crippen LogP) is 0.788. The van der Waals surface area contributed by atoms with Gasteiger partial charge in [0.1, 0.15) is 0 Å². The molecule has 1 rings (SSSR count). The van der Waals surface area contributed by atoms with Crippen molar-refractivity contribution in [2.45, 2.75) is 32.4 Å². The van der Waals surface area contributed by atoms with Gasteiger partial charge < -0.3 is 10.1 Å². The second-order valence-corrected chi connectivity index (χ2v) is 4.58. The molecule has 0 unspecified atom stereocenters. The van der Waals surface area contributed by atoms with Gasteiger partial charge in [0.15, 0.2) is 0 Å². The molecule has 0 radical (unpaired) electrons. The summed E-state index contributed by atoms with van der Waals surface area (Å²) in [5, 5.41) is 2.58. The van der Waals surface area contributed by atoms with Crippen molar-refractivity contribution in [3.63, 3.8) is 0 Å². The number of carbonyl (C=O) groups excluding carboxylic acids is 1. The highest BCUT2D eigenvalue weighted by Crippen LogP contribution is 2.23. The van der Waals surface area contributed by atoms with Gasteiger partial charge in [-0.3, -0.25) is 9.69 Å². The van der Waals surface area contributed by atoms with Crippen LogP contribution in [-0.4, -0.2) is 49.2 Å². The van der Waals surface area contributed by atoms with E-state index in [4.69, 9.17) is 4.74 Å². The molecule has 0 aliphatic carbocycles.